The van der Waals surface area contributed by atoms with E-state index in [9.17, 15) is 4.39 Å². The molecule has 1 aromatic carbocycles. The second kappa shape index (κ2) is 4.07. The number of hydrogen-bond acceptors (Lipinski definition) is 1. The van der Waals surface area contributed by atoms with Gasteiger partial charge in [-0.25, -0.2) is 4.39 Å². The minimum Gasteiger partial charge on any atom is -0.345 e. The fourth-order valence-corrected chi connectivity index (χ4v) is 2.53. The summed E-state index contributed by atoms with van der Waals surface area (Å²) in [5.41, 5.74) is 3.28. The number of halogens is 2. The lowest BCUT2D eigenvalue weighted by atomic mass is 10.1. The van der Waals surface area contributed by atoms with E-state index < -0.39 is 0 Å². The van der Waals surface area contributed by atoms with Crippen LogP contribution in [0.5, 0.6) is 0 Å². The van der Waals surface area contributed by atoms with E-state index in [1.807, 2.05) is 17.7 Å². The molecule has 0 saturated heterocycles. The maximum absolute atomic E-state index is 13.7. The molecule has 0 radical (unpaired) electrons. The zero-order chi connectivity index (χ0) is 10.4. The quantitative estimate of drug-likeness (QED) is 0.748. The summed E-state index contributed by atoms with van der Waals surface area (Å²) in [6.45, 7) is 1.84. The van der Waals surface area contributed by atoms with E-state index in [0.717, 1.165) is 30.4 Å². The van der Waals surface area contributed by atoms with Crippen LogP contribution in [-0.2, 0) is 20.0 Å². The van der Waals surface area contributed by atoms with Gasteiger partial charge < -0.3 is 9.88 Å². The predicted molar refractivity (Wildman–Crippen MR) is 65.5 cm³/mol. The Bertz CT molecular complexity index is 533. The van der Waals surface area contributed by atoms with E-state index in [1.54, 1.807) is 6.07 Å². The first-order valence-corrected chi connectivity index (χ1v) is 5.24. The molecule has 16 heavy (non-hydrogen) atoms. The third-order valence-corrected chi connectivity index (χ3v) is 3.24. The van der Waals surface area contributed by atoms with Crippen LogP contribution in [0, 0.1) is 5.82 Å². The molecule has 0 spiro atoms. The number of para-hydroxylation sites is 1. The van der Waals surface area contributed by atoms with Crippen LogP contribution < -0.4 is 5.32 Å². The molecule has 2 nitrogen and oxygen atoms in total. The molecule has 1 aliphatic heterocycles. The molecule has 1 N–H and O–H groups in total. The summed E-state index contributed by atoms with van der Waals surface area (Å²) < 4.78 is 15.7. The Morgan fingerprint density at radius 3 is 3.00 bits per heavy atom. The molecule has 0 unspecified atom stereocenters. The fourth-order valence-electron chi connectivity index (χ4n) is 2.53. The number of aryl methyl sites for hydroxylation is 1. The minimum atomic E-state index is -0.121. The lowest BCUT2D eigenvalue weighted by Crippen LogP contribution is -2.24. The maximum atomic E-state index is 13.7. The average Bonchev–Trinajstić information content (AvgIpc) is 2.55. The SMILES string of the molecule is Cl.Cn1c2c(c3cccc(F)c31)CNCC2. The summed E-state index contributed by atoms with van der Waals surface area (Å²) in [4.78, 5) is 0. The lowest BCUT2D eigenvalue weighted by molar-refractivity contribution is 0.612. The molecule has 1 aromatic heterocycles. The molecule has 2 heterocycles. The second-order valence-electron chi connectivity index (χ2n) is 4.05. The Morgan fingerprint density at radius 2 is 2.19 bits per heavy atom. The molecule has 0 fully saturated rings. The van der Waals surface area contributed by atoms with Crippen LogP contribution in [0.2, 0.25) is 0 Å². The van der Waals surface area contributed by atoms with Crippen LogP contribution in [0.3, 0.4) is 0 Å². The number of fused-ring (bicyclic) bond motifs is 3. The smallest absolute Gasteiger partial charge is 0.147 e. The number of rotatable bonds is 0. The van der Waals surface area contributed by atoms with Gasteiger partial charge in [0.15, 0.2) is 0 Å². The van der Waals surface area contributed by atoms with Crippen molar-refractivity contribution in [1.29, 1.82) is 0 Å². The highest BCUT2D eigenvalue weighted by atomic mass is 35.5. The van der Waals surface area contributed by atoms with Crippen molar-refractivity contribution in [3.63, 3.8) is 0 Å². The Balaban J connectivity index is 0.000000963. The Hall–Kier alpha value is -1.06. The van der Waals surface area contributed by atoms with Gasteiger partial charge in [-0.1, -0.05) is 12.1 Å². The molecule has 0 amide bonds. The summed E-state index contributed by atoms with van der Waals surface area (Å²) >= 11 is 0. The Morgan fingerprint density at radius 1 is 1.38 bits per heavy atom. The molecule has 0 bridgehead atoms. The van der Waals surface area contributed by atoms with Crippen molar-refractivity contribution in [2.45, 2.75) is 13.0 Å². The van der Waals surface area contributed by atoms with Gasteiger partial charge >= 0.3 is 0 Å². The summed E-state index contributed by atoms with van der Waals surface area (Å²) in [6.07, 6.45) is 0.986. The van der Waals surface area contributed by atoms with E-state index >= 15 is 0 Å². The molecular formula is C12H14ClFN2. The standard InChI is InChI=1S/C12H13FN2.ClH/c1-15-11-5-6-14-7-9(11)8-3-2-4-10(13)12(8)15;/h2-4,14H,5-7H2,1H3;1H. The van der Waals surface area contributed by atoms with Crippen molar-refractivity contribution in [2.75, 3.05) is 6.54 Å². The Kier molecular flexibility index (Phi) is 2.91. The van der Waals surface area contributed by atoms with Crippen molar-refractivity contribution in [1.82, 2.24) is 9.88 Å². The summed E-state index contributed by atoms with van der Waals surface area (Å²) in [5.74, 6) is -0.121. The third-order valence-electron chi connectivity index (χ3n) is 3.24. The van der Waals surface area contributed by atoms with Crippen LogP contribution in [-0.4, -0.2) is 11.1 Å². The second-order valence-corrected chi connectivity index (χ2v) is 4.05. The average molecular weight is 241 g/mol. The van der Waals surface area contributed by atoms with Gasteiger partial charge in [0.05, 0.1) is 5.52 Å². The zero-order valence-corrected chi connectivity index (χ0v) is 9.90. The summed E-state index contributed by atoms with van der Waals surface area (Å²) in [7, 11) is 1.95. The number of hydrogen-bond donors (Lipinski definition) is 1. The van der Waals surface area contributed by atoms with Gasteiger partial charge in [0.25, 0.3) is 0 Å². The number of benzene rings is 1. The van der Waals surface area contributed by atoms with Gasteiger partial charge in [0.1, 0.15) is 5.82 Å². The van der Waals surface area contributed by atoms with Gasteiger partial charge in [-0.3, -0.25) is 0 Å². The largest absolute Gasteiger partial charge is 0.345 e. The number of nitrogens with zero attached hydrogens (tertiary/aromatic N) is 1. The van der Waals surface area contributed by atoms with E-state index in [4.69, 9.17) is 0 Å². The molecule has 3 rings (SSSR count). The van der Waals surface area contributed by atoms with Crippen LogP contribution in [0.15, 0.2) is 18.2 Å². The summed E-state index contributed by atoms with van der Waals surface area (Å²) in [5, 5.41) is 4.39. The van der Waals surface area contributed by atoms with Crippen molar-refractivity contribution in [3.05, 3.63) is 35.3 Å². The highest BCUT2D eigenvalue weighted by Gasteiger charge is 2.19. The third kappa shape index (κ3) is 1.43. The number of aromatic nitrogens is 1. The van der Waals surface area contributed by atoms with E-state index in [0.29, 0.717) is 0 Å². The van der Waals surface area contributed by atoms with Crippen molar-refractivity contribution in [3.8, 4) is 0 Å². The number of nitrogens with one attached hydrogen (secondary N) is 1. The van der Waals surface area contributed by atoms with Gasteiger partial charge in [-0.05, 0) is 11.6 Å². The van der Waals surface area contributed by atoms with Gasteiger partial charge in [-0.15, -0.1) is 12.4 Å². The van der Waals surface area contributed by atoms with Gasteiger partial charge in [-0.2, -0.15) is 0 Å². The molecule has 0 aliphatic carbocycles. The highest BCUT2D eigenvalue weighted by molar-refractivity contribution is 5.86. The first-order valence-electron chi connectivity index (χ1n) is 5.24. The van der Waals surface area contributed by atoms with Crippen LogP contribution >= 0.6 is 12.4 Å². The fraction of sp³-hybridized carbons (Fsp3) is 0.333. The van der Waals surface area contributed by atoms with Crippen LogP contribution in [0.4, 0.5) is 4.39 Å². The molecule has 2 aromatic rings. The van der Waals surface area contributed by atoms with Gasteiger partial charge in [0, 0.05) is 37.6 Å². The first kappa shape index (κ1) is 11.4. The molecule has 4 heteroatoms. The van der Waals surface area contributed by atoms with E-state index in [2.05, 4.69) is 5.32 Å². The minimum absolute atomic E-state index is 0. The normalized spacial score (nSPS) is 14.6. The van der Waals surface area contributed by atoms with Crippen molar-refractivity contribution < 1.29 is 4.39 Å². The highest BCUT2D eigenvalue weighted by Crippen LogP contribution is 2.28. The monoisotopic (exact) mass is 240 g/mol. The first-order chi connectivity index (χ1) is 7.29. The molecule has 0 saturated carbocycles. The van der Waals surface area contributed by atoms with Crippen LogP contribution in [0.25, 0.3) is 10.9 Å². The molecule has 0 atom stereocenters. The summed E-state index contributed by atoms with van der Waals surface area (Å²) in [6, 6.07) is 5.32. The Labute approximate surface area is 99.9 Å². The van der Waals surface area contributed by atoms with Crippen molar-refractivity contribution in [2.24, 2.45) is 7.05 Å². The molecule has 1 aliphatic rings. The zero-order valence-electron chi connectivity index (χ0n) is 9.09. The van der Waals surface area contributed by atoms with E-state index in [1.165, 1.54) is 17.3 Å². The van der Waals surface area contributed by atoms with Crippen LogP contribution in [0.1, 0.15) is 11.3 Å². The molecular weight excluding hydrogens is 227 g/mol. The van der Waals surface area contributed by atoms with Crippen molar-refractivity contribution >= 4 is 23.3 Å². The molecule has 86 valence electrons. The lowest BCUT2D eigenvalue weighted by Gasteiger charge is -2.14. The van der Waals surface area contributed by atoms with Gasteiger partial charge in [0.2, 0.25) is 0 Å². The maximum Gasteiger partial charge on any atom is 0.147 e. The topological polar surface area (TPSA) is 17.0 Å². The predicted octanol–water partition coefficient (Wildman–Crippen LogP) is 2.38. The van der Waals surface area contributed by atoms with E-state index in [-0.39, 0.29) is 18.2 Å².